The first-order chi connectivity index (χ1) is 6.45. The Balaban J connectivity index is 0.00000196. The zero-order chi connectivity index (χ0) is 10.9. The number of nitrogens with one attached hydrogen (secondary N) is 1. The first-order valence-electron chi connectivity index (χ1n) is 3.25. The summed E-state index contributed by atoms with van der Waals surface area (Å²) in [6.45, 7) is 0. The van der Waals surface area contributed by atoms with Gasteiger partial charge in [-0.1, -0.05) is 23.2 Å². The quantitative estimate of drug-likeness (QED) is 0.360. The number of rotatable bonds is 2. The molecule has 2 atom stereocenters. The Morgan fingerprint density at radius 1 is 1.40 bits per heavy atom. The van der Waals surface area contributed by atoms with E-state index in [1.807, 2.05) is 0 Å². The van der Waals surface area contributed by atoms with Gasteiger partial charge in [0.1, 0.15) is 5.02 Å². The number of hydrogen-bond acceptors (Lipinski definition) is 4. The van der Waals surface area contributed by atoms with Crippen molar-refractivity contribution in [3.8, 4) is 0 Å². The second kappa shape index (κ2) is 6.51. The first-order valence-corrected chi connectivity index (χ1v) is 5.08. The molecular weight excluding hydrogens is 276 g/mol. The molecule has 1 aromatic rings. The van der Waals surface area contributed by atoms with Gasteiger partial charge in [-0.3, -0.25) is 4.21 Å². The topological polar surface area (TPSA) is 87.9 Å². The number of halogens is 2. The van der Waals surface area contributed by atoms with Crippen LogP contribution in [0.5, 0.6) is 0 Å². The van der Waals surface area contributed by atoms with Crippen molar-refractivity contribution < 1.29 is 48.8 Å². The Morgan fingerprint density at radius 3 is 2.33 bits per heavy atom. The third-order valence-electron chi connectivity index (χ3n) is 1.45. The number of quaternary nitrogens is 1. The molecule has 0 aromatic heterocycles. The van der Waals surface area contributed by atoms with Gasteiger partial charge in [0.15, 0.2) is 5.69 Å². The number of hydrogen-bond donors (Lipinski definition) is 2. The molecule has 0 spiro atoms. The maximum Gasteiger partial charge on any atom is 1.00 e. The van der Waals surface area contributed by atoms with Crippen LogP contribution in [0.2, 0.25) is 10.0 Å². The molecule has 0 heterocycles. The molecule has 0 aliphatic carbocycles. The van der Waals surface area contributed by atoms with E-state index >= 15 is 0 Å². The Morgan fingerprint density at radius 2 is 1.93 bits per heavy atom. The molecule has 0 saturated carbocycles. The van der Waals surface area contributed by atoms with Crippen LogP contribution in [0.25, 0.3) is 0 Å². The summed E-state index contributed by atoms with van der Waals surface area (Å²) in [7, 11) is 0. The fourth-order valence-electron chi connectivity index (χ4n) is 0.850. The van der Waals surface area contributed by atoms with Crippen molar-refractivity contribution >= 4 is 40.0 Å². The Kier molecular flexibility index (Phi) is 6.85. The van der Waals surface area contributed by atoms with Gasteiger partial charge < -0.3 is 9.76 Å². The van der Waals surface area contributed by atoms with Crippen molar-refractivity contribution in [2.24, 2.45) is 0 Å². The molecule has 78 valence electrons. The van der Waals surface area contributed by atoms with Crippen molar-refractivity contribution in [2.75, 3.05) is 0 Å². The third-order valence-corrected chi connectivity index (χ3v) is 3.14. The summed E-state index contributed by atoms with van der Waals surface area (Å²) in [4.78, 5) is -0.395. The summed E-state index contributed by atoms with van der Waals surface area (Å²) >= 11 is 8.42. The molecule has 0 amide bonds. The van der Waals surface area contributed by atoms with Gasteiger partial charge in [-0.25, -0.2) is 5.21 Å². The van der Waals surface area contributed by atoms with Crippen LogP contribution < -0.4 is 34.8 Å². The number of benzene rings is 1. The molecule has 2 unspecified atom stereocenters. The summed E-state index contributed by atoms with van der Waals surface area (Å²) in [5, 5.41) is 17.4. The predicted molar refractivity (Wildman–Crippen MR) is 49.4 cm³/mol. The van der Waals surface area contributed by atoms with Crippen LogP contribution in [0.1, 0.15) is 0 Å². The monoisotopic (exact) mass is 279 g/mol. The summed E-state index contributed by atoms with van der Waals surface area (Å²) in [6.07, 6.45) is 0. The Hall–Kier alpha value is 0.790. The van der Waals surface area contributed by atoms with Crippen LogP contribution >= 0.6 is 23.2 Å². The Labute approximate surface area is 120 Å². The second-order valence-electron chi connectivity index (χ2n) is 2.28. The normalized spacial score (nSPS) is 14.2. The fraction of sp³-hybridized carbons (Fsp3) is 0. The molecule has 5 nitrogen and oxygen atoms in total. The fourth-order valence-corrected chi connectivity index (χ4v) is 2.16. The van der Waals surface area contributed by atoms with E-state index in [9.17, 15) is 14.0 Å². The molecule has 0 aliphatic rings. The van der Waals surface area contributed by atoms with E-state index in [1.54, 1.807) is 0 Å². The molecule has 1 aromatic carbocycles. The molecule has 2 N–H and O–H groups in total. The second-order valence-corrected chi connectivity index (χ2v) is 3.94. The van der Waals surface area contributed by atoms with Crippen LogP contribution in [0.15, 0.2) is 17.0 Å². The summed E-state index contributed by atoms with van der Waals surface area (Å²) in [5.74, 6) is 0. The third kappa shape index (κ3) is 3.64. The maximum absolute atomic E-state index is 10.7. The van der Waals surface area contributed by atoms with Gasteiger partial charge in [-0.05, 0) is 17.1 Å². The van der Waals surface area contributed by atoms with E-state index in [0.717, 1.165) is 6.07 Å². The molecule has 0 fully saturated rings. The minimum absolute atomic E-state index is 0. The Bertz CT molecular complexity index is 390. The van der Waals surface area contributed by atoms with Crippen LogP contribution in [0.4, 0.5) is 5.69 Å². The first kappa shape index (κ1) is 15.8. The molecule has 9 heteroatoms. The van der Waals surface area contributed by atoms with E-state index in [-0.39, 0.29) is 45.3 Å². The molecule has 1 rings (SSSR count). The standard InChI is InChI=1S/C6H5Cl2NO4S.Na/c7-3-1-2-4(9(10)11)5(8)6(3)14(12)13;/h1-2,9-10H,(H,12,13);/q;+1/p-1. The summed E-state index contributed by atoms with van der Waals surface area (Å²) in [5.41, 5.74) is -0.296. The predicted octanol–water partition coefficient (Wildman–Crippen LogP) is -2.36. The molecule has 0 radical (unpaired) electrons. The van der Waals surface area contributed by atoms with Gasteiger partial charge in [-0.2, -0.15) is 5.23 Å². The van der Waals surface area contributed by atoms with Crippen molar-refractivity contribution in [1.29, 1.82) is 0 Å². The summed E-state index contributed by atoms with van der Waals surface area (Å²) < 4.78 is 21.3. The maximum atomic E-state index is 10.7. The van der Waals surface area contributed by atoms with E-state index in [0.29, 0.717) is 0 Å². The van der Waals surface area contributed by atoms with E-state index < -0.39 is 21.2 Å². The van der Waals surface area contributed by atoms with E-state index in [2.05, 4.69) is 0 Å². The molecule has 0 bridgehead atoms. The average molecular weight is 280 g/mol. The molecule has 15 heavy (non-hydrogen) atoms. The van der Waals surface area contributed by atoms with Gasteiger partial charge in [0.25, 0.3) is 0 Å². The van der Waals surface area contributed by atoms with Crippen LogP contribution in [0.3, 0.4) is 0 Å². The van der Waals surface area contributed by atoms with Crippen LogP contribution in [-0.2, 0) is 11.1 Å². The van der Waals surface area contributed by atoms with Gasteiger partial charge in [0, 0.05) is 6.07 Å². The average Bonchev–Trinajstić information content (AvgIpc) is 2.02. The minimum Gasteiger partial charge on any atom is -0.768 e. The van der Waals surface area contributed by atoms with Gasteiger partial charge in [-0.15, -0.1) is 0 Å². The van der Waals surface area contributed by atoms with Gasteiger partial charge in [0.05, 0.1) is 9.92 Å². The molecular formula is C6H4Cl2NNaO4S. The van der Waals surface area contributed by atoms with Crippen molar-refractivity contribution in [3.63, 3.8) is 0 Å². The van der Waals surface area contributed by atoms with E-state index in [1.165, 1.54) is 6.07 Å². The van der Waals surface area contributed by atoms with E-state index in [4.69, 9.17) is 28.4 Å². The van der Waals surface area contributed by atoms with Gasteiger partial charge in [0.2, 0.25) is 0 Å². The van der Waals surface area contributed by atoms with Crippen molar-refractivity contribution in [2.45, 2.75) is 4.90 Å². The van der Waals surface area contributed by atoms with Crippen molar-refractivity contribution in [3.05, 3.63) is 27.4 Å². The van der Waals surface area contributed by atoms with Gasteiger partial charge >= 0.3 is 29.6 Å². The van der Waals surface area contributed by atoms with Crippen LogP contribution in [-0.4, -0.2) is 14.0 Å². The molecule has 0 aliphatic heterocycles. The SMILES string of the molecule is O=S([O-])c1c(Cl)ccc([NH+]([O-])O)c1Cl.[Na+]. The largest absolute Gasteiger partial charge is 1.00 e. The summed E-state index contributed by atoms with van der Waals surface area (Å²) in [6, 6.07) is 2.31. The minimum atomic E-state index is -2.66. The zero-order valence-electron chi connectivity index (χ0n) is 7.49. The molecule has 0 saturated heterocycles. The smallest absolute Gasteiger partial charge is 0.768 e. The van der Waals surface area contributed by atoms with Crippen molar-refractivity contribution in [1.82, 2.24) is 0 Å². The van der Waals surface area contributed by atoms with Crippen LogP contribution in [0, 0.1) is 5.21 Å². The zero-order valence-corrected chi connectivity index (χ0v) is 11.8.